The second-order valence-corrected chi connectivity index (χ2v) is 9.29. The Morgan fingerprint density at radius 2 is 2.17 bits per heavy atom. The van der Waals surface area contributed by atoms with Gasteiger partial charge in [-0.25, -0.2) is 4.98 Å². The molecule has 9 heteroatoms. The lowest BCUT2D eigenvalue weighted by Crippen LogP contribution is -2.46. The van der Waals surface area contributed by atoms with E-state index in [-0.39, 0.29) is 11.9 Å². The lowest BCUT2D eigenvalue weighted by molar-refractivity contribution is 0.0891. The minimum atomic E-state index is -0.0979. The van der Waals surface area contributed by atoms with Gasteiger partial charge in [0, 0.05) is 31.2 Å². The summed E-state index contributed by atoms with van der Waals surface area (Å²) in [5.41, 5.74) is 1.25. The number of thiophene rings is 1. The van der Waals surface area contributed by atoms with Crippen LogP contribution in [0.15, 0.2) is 35.2 Å². The molecule has 1 amide bonds. The second-order valence-electron chi connectivity index (χ2n) is 7.57. The normalized spacial score (nSPS) is 15.9. The number of hydrogen-bond acceptors (Lipinski definition) is 6. The summed E-state index contributed by atoms with van der Waals surface area (Å²) in [6, 6.07) is 6.34. The number of piperidine rings is 1. The molecule has 1 fully saturated rings. The van der Waals surface area contributed by atoms with Crippen molar-refractivity contribution in [1.29, 1.82) is 0 Å². The maximum atomic E-state index is 12.8. The van der Waals surface area contributed by atoms with Gasteiger partial charge in [0.05, 0.1) is 28.3 Å². The summed E-state index contributed by atoms with van der Waals surface area (Å²) in [6.45, 7) is 6.85. The molecule has 0 saturated carbocycles. The number of carbonyl (C=O) groups is 1. The van der Waals surface area contributed by atoms with E-state index in [1.165, 1.54) is 11.3 Å². The van der Waals surface area contributed by atoms with Crippen LogP contribution >= 0.6 is 22.9 Å². The van der Waals surface area contributed by atoms with Crippen molar-refractivity contribution in [1.82, 2.24) is 24.9 Å². The first-order valence-corrected chi connectivity index (χ1v) is 11.0. The lowest BCUT2D eigenvalue weighted by atomic mass is 10.0. The van der Waals surface area contributed by atoms with Crippen LogP contribution in [0.2, 0.25) is 4.34 Å². The number of carbonyl (C=O) groups excluding carboxylic acids is 1. The number of amides is 1. The number of nitrogens with zero attached hydrogens (tertiary/aromatic N) is 4. The van der Waals surface area contributed by atoms with Crippen molar-refractivity contribution in [3.63, 3.8) is 0 Å². The summed E-state index contributed by atoms with van der Waals surface area (Å²) in [6.07, 6.45) is 5.17. The average Bonchev–Trinajstić information content (AvgIpc) is 3.43. The molecule has 1 aliphatic heterocycles. The Balaban J connectivity index is 1.38. The molecule has 1 N–H and O–H groups in total. The molecule has 1 saturated heterocycles. The number of halogens is 1. The fourth-order valence-electron chi connectivity index (χ4n) is 3.58. The predicted octanol–water partition coefficient (Wildman–Crippen LogP) is 3.90. The van der Waals surface area contributed by atoms with Crippen molar-refractivity contribution in [2.75, 3.05) is 13.1 Å². The van der Waals surface area contributed by atoms with E-state index < -0.39 is 0 Å². The third-order valence-electron chi connectivity index (χ3n) is 5.25. The van der Waals surface area contributed by atoms with E-state index >= 15 is 0 Å². The van der Waals surface area contributed by atoms with Gasteiger partial charge in [0.2, 0.25) is 0 Å². The van der Waals surface area contributed by atoms with Gasteiger partial charge in [0.25, 0.3) is 5.91 Å². The Hall–Kier alpha value is -2.16. The first kappa shape index (κ1) is 20.1. The molecule has 1 aliphatic rings. The van der Waals surface area contributed by atoms with Crippen LogP contribution in [0.1, 0.15) is 42.9 Å². The smallest absolute Gasteiger partial charge is 0.269 e. The largest absolute Gasteiger partial charge is 0.355 e. The molecular formula is C20H24ClN5O2S. The molecule has 0 aromatic carbocycles. The third-order valence-corrected chi connectivity index (χ3v) is 6.49. The molecule has 0 unspecified atom stereocenters. The van der Waals surface area contributed by atoms with Gasteiger partial charge >= 0.3 is 0 Å². The molecule has 0 radical (unpaired) electrons. The maximum Gasteiger partial charge on any atom is 0.269 e. The number of hydrogen-bond donors (Lipinski definition) is 1. The molecule has 0 aliphatic carbocycles. The molecule has 154 valence electrons. The van der Waals surface area contributed by atoms with Crippen LogP contribution < -0.4 is 5.32 Å². The van der Waals surface area contributed by atoms with E-state index in [2.05, 4.69) is 34.2 Å². The van der Waals surface area contributed by atoms with Gasteiger partial charge in [-0.15, -0.1) is 11.3 Å². The summed E-state index contributed by atoms with van der Waals surface area (Å²) in [5, 5.41) is 7.28. The van der Waals surface area contributed by atoms with E-state index in [1.54, 1.807) is 17.1 Å². The van der Waals surface area contributed by atoms with Crippen LogP contribution in [-0.2, 0) is 6.54 Å². The average molecular weight is 434 g/mol. The zero-order valence-electron chi connectivity index (χ0n) is 16.5. The summed E-state index contributed by atoms with van der Waals surface area (Å²) in [4.78, 5) is 20.3. The highest BCUT2D eigenvalue weighted by molar-refractivity contribution is 7.19. The van der Waals surface area contributed by atoms with Crippen molar-refractivity contribution in [2.45, 2.75) is 45.3 Å². The third kappa shape index (κ3) is 4.71. The molecule has 3 aromatic heterocycles. The predicted molar refractivity (Wildman–Crippen MR) is 113 cm³/mol. The van der Waals surface area contributed by atoms with Crippen LogP contribution in [0.4, 0.5) is 0 Å². The van der Waals surface area contributed by atoms with Crippen molar-refractivity contribution in [3.05, 3.63) is 46.4 Å². The molecule has 4 heterocycles. The van der Waals surface area contributed by atoms with E-state index in [4.69, 9.17) is 16.1 Å². The number of aromatic nitrogens is 3. The van der Waals surface area contributed by atoms with E-state index in [1.807, 2.05) is 18.2 Å². The Labute approximate surface area is 178 Å². The SMILES string of the molecule is CC(C)N1CCC(NC(=O)c2cncn2Cc2cc(-c3ccc(Cl)s3)on2)CC1. The van der Waals surface area contributed by atoms with Crippen molar-refractivity contribution in [3.8, 4) is 10.6 Å². The Bertz CT molecular complexity index is 971. The maximum absolute atomic E-state index is 12.8. The van der Waals surface area contributed by atoms with Gasteiger partial charge in [0.1, 0.15) is 11.4 Å². The van der Waals surface area contributed by atoms with E-state index in [9.17, 15) is 4.79 Å². The summed E-state index contributed by atoms with van der Waals surface area (Å²) in [5.74, 6) is 0.569. The lowest BCUT2D eigenvalue weighted by Gasteiger charge is -2.34. The standard InChI is InChI=1S/C20H24ClN5O2S/c1-13(2)25-7-5-14(6-8-25)23-20(27)16-10-22-12-26(16)11-15-9-17(28-24-15)18-3-4-19(21)29-18/h3-4,9-10,12-14H,5-8,11H2,1-2H3,(H,23,27). The zero-order chi connectivity index (χ0) is 20.4. The van der Waals surface area contributed by atoms with Gasteiger partial charge in [-0.1, -0.05) is 16.8 Å². The minimum absolute atomic E-state index is 0.0979. The highest BCUT2D eigenvalue weighted by atomic mass is 35.5. The molecule has 0 spiro atoms. The quantitative estimate of drug-likeness (QED) is 0.637. The van der Waals surface area contributed by atoms with Gasteiger partial charge < -0.3 is 19.3 Å². The Kier molecular flexibility index (Phi) is 6.03. The van der Waals surface area contributed by atoms with Gasteiger partial charge in [-0.3, -0.25) is 4.79 Å². The topological polar surface area (TPSA) is 76.2 Å². The zero-order valence-corrected chi connectivity index (χ0v) is 18.0. The van der Waals surface area contributed by atoms with E-state index in [0.717, 1.165) is 36.5 Å². The fourth-order valence-corrected chi connectivity index (χ4v) is 4.57. The van der Waals surface area contributed by atoms with Gasteiger partial charge in [-0.05, 0) is 38.8 Å². The van der Waals surface area contributed by atoms with Crippen molar-refractivity contribution in [2.24, 2.45) is 0 Å². The van der Waals surface area contributed by atoms with Crippen LogP contribution in [0.25, 0.3) is 10.6 Å². The molecule has 7 nitrogen and oxygen atoms in total. The highest BCUT2D eigenvalue weighted by Crippen LogP contribution is 2.31. The highest BCUT2D eigenvalue weighted by Gasteiger charge is 2.23. The number of imidazole rings is 1. The van der Waals surface area contributed by atoms with Crippen LogP contribution in [-0.4, -0.2) is 50.7 Å². The number of nitrogens with one attached hydrogen (secondary N) is 1. The Morgan fingerprint density at radius 3 is 2.86 bits per heavy atom. The minimum Gasteiger partial charge on any atom is -0.355 e. The van der Waals surface area contributed by atoms with Gasteiger partial charge in [0.15, 0.2) is 5.76 Å². The molecule has 29 heavy (non-hydrogen) atoms. The fraction of sp³-hybridized carbons (Fsp3) is 0.450. The summed E-state index contributed by atoms with van der Waals surface area (Å²) in [7, 11) is 0. The molecule has 0 atom stereocenters. The summed E-state index contributed by atoms with van der Waals surface area (Å²) >= 11 is 7.42. The second kappa shape index (κ2) is 8.69. The molecule has 4 rings (SSSR count). The van der Waals surface area contributed by atoms with E-state index in [0.29, 0.717) is 28.4 Å². The van der Waals surface area contributed by atoms with Crippen LogP contribution in [0.5, 0.6) is 0 Å². The van der Waals surface area contributed by atoms with Crippen LogP contribution in [0.3, 0.4) is 0 Å². The molecule has 3 aromatic rings. The molecular weight excluding hydrogens is 410 g/mol. The number of likely N-dealkylation sites (tertiary alicyclic amines) is 1. The summed E-state index contributed by atoms with van der Waals surface area (Å²) < 4.78 is 7.92. The molecule has 0 bridgehead atoms. The monoisotopic (exact) mass is 433 g/mol. The Morgan fingerprint density at radius 1 is 1.38 bits per heavy atom. The van der Waals surface area contributed by atoms with Gasteiger partial charge in [-0.2, -0.15) is 0 Å². The number of rotatable bonds is 6. The first-order valence-electron chi connectivity index (χ1n) is 9.76. The first-order chi connectivity index (χ1) is 14.0. The van der Waals surface area contributed by atoms with Crippen molar-refractivity contribution >= 4 is 28.8 Å². The van der Waals surface area contributed by atoms with Crippen molar-refractivity contribution < 1.29 is 9.32 Å². The van der Waals surface area contributed by atoms with Crippen LogP contribution in [0, 0.1) is 0 Å².